The molecule has 3 rings (SSSR count). The molecule has 1 amide bonds. The van der Waals surface area contributed by atoms with Crippen molar-refractivity contribution >= 4 is 35.3 Å². The monoisotopic (exact) mass is 416 g/mol. The summed E-state index contributed by atoms with van der Waals surface area (Å²) in [5, 5.41) is 9.43. The topological polar surface area (TPSA) is 68.5 Å². The van der Waals surface area contributed by atoms with Crippen molar-refractivity contribution in [3.63, 3.8) is 0 Å². The van der Waals surface area contributed by atoms with Gasteiger partial charge in [-0.05, 0) is 36.8 Å². The zero-order chi connectivity index (χ0) is 19.9. The van der Waals surface area contributed by atoms with E-state index >= 15 is 0 Å². The van der Waals surface area contributed by atoms with Gasteiger partial charge >= 0.3 is 0 Å². The van der Waals surface area contributed by atoms with Gasteiger partial charge in [-0.15, -0.1) is 0 Å². The first kappa shape index (κ1) is 19.9. The summed E-state index contributed by atoms with van der Waals surface area (Å²) < 4.78 is 7.05. The zero-order valence-corrected chi connectivity index (χ0v) is 16.6. The van der Waals surface area contributed by atoms with E-state index in [9.17, 15) is 4.79 Å². The SMILES string of the molecule is Cc1nn(Cc2ccccc2)c(Cl)c1/C=N\NC(=O)COc1ccc(Cl)cc1. The minimum absolute atomic E-state index is 0.168. The number of hydrazone groups is 1. The van der Waals surface area contributed by atoms with Crippen molar-refractivity contribution in [1.29, 1.82) is 0 Å². The number of amides is 1. The van der Waals surface area contributed by atoms with Gasteiger partial charge in [-0.3, -0.25) is 4.79 Å². The van der Waals surface area contributed by atoms with E-state index in [4.69, 9.17) is 27.9 Å². The summed E-state index contributed by atoms with van der Waals surface area (Å²) in [6.07, 6.45) is 1.48. The van der Waals surface area contributed by atoms with Gasteiger partial charge in [0.05, 0.1) is 24.0 Å². The molecule has 0 radical (unpaired) electrons. The molecule has 0 saturated carbocycles. The molecular weight excluding hydrogens is 399 g/mol. The molecule has 8 heteroatoms. The summed E-state index contributed by atoms with van der Waals surface area (Å²) in [5.41, 5.74) is 4.86. The number of nitrogens with one attached hydrogen (secondary N) is 1. The number of aromatic nitrogens is 2. The van der Waals surface area contributed by atoms with Crippen LogP contribution < -0.4 is 10.2 Å². The quantitative estimate of drug-likeness (QED) is 0.466. The molecule has 0 spiro atoms. The van der Waals surface area contributed by atoms with Crippen LogP contribution in [0.1, 0.15) is 16.8 Å². The van der Waals surface area contributed by atoms with E-state index in [1.165, 1.54) is 6.21 Å². The maximum Gasteiger partial charge on any atom is 0.277 e. The highest BCUT2D eigenvalue weighted by Gasteiger charge is 2.12. The van der Waals surface area contributed by atoms with Crippen LogP contribution in [0.2, 0.25) is 10.2 Å². The number of aryl methyl sites for hydroxylation is 1. The molecule has 0 saturated heterocycles. The fourth-order valence-corrected chi connectivity index (χ4v) is 2.86. The molecule has 144 valence electrons. The highest BCUT2D eigenvalue weighted by atomic mass is 35.5. The minimum Gasteiger partial charge on any atom is -0.484 e. The predicted octanol–water partition coefficient (Wildman–Crippen LogP) is 4.08. The van der Waals surface area contributed by atoms with E-state index in [2.05, 4.69) is 15.6 Å². The largest absolute Gasteiger partial charge is 0.484 e. The summed E-state index contributed by atoms with van der Waals surface area (Å²) in [6, 6.07) is 16.6. The summed E-state index contributed by atoms with van der Waals surface area (Å²) in [7, 11) is 0. The van der Waals surface area contributed by atoms with E-state index in [0.29, 0.717) is 28.0 Å². The molecule has 28 heavy (non-hydrogen) atoms. The Morgan fingerprint density at radius 3 is 2.61 bits per heavy atom. The van der Waals surface area contributed by atoms with Crippen molar-refractivity contribution in [2.75, 3.05) is 6.61 Å². The van der Waals surface area contributed by atoms with Crippen LogP contribution >= 0.6 is 23.2 Å². The molecule has 0 atom stereocenters. The number of hydrogen-bond acceptors (Lipinski definition) is 4. The number of carbonyl (C=O) groups is 1. The number of benzene rings is 2. The minimum atomic E-state index is -0.392. The highest BCUT2D eigenvalue weighted by Crippen LogP contribution is 2.19. The van der Waals surface area contributed by atoms with Crippen molar-refractivity contribution in [2.45, 2.75) is 13.5 Å². The lowest BCUT2D eigenvalue weighted by Gasteiger charge is -2.04. The van der Waals surface area contributed by atoms with Crippen LogP contribution in [-0.4, -0.2) is 28.5 Å². The van der Waals surface area contributed by atoms with Gasteiger partial charge in [0.25, 0.3) is 5.91 Å². The average Bonchev–Trinajstić information content (AvgIpc) is 2.95. The van der Waals surface area contributed by atoms with E-state index in [1.807, 2.05) is 37.3 Å². The molecule has 0 bridgehead atoms. The molecule has 0 aliphatic rings. The number of rotatable bonds is 7. The normalized spacial score (nSPS) is 11.0. The Bertz CT molecular complexity index is 970. The Kier molecular flexibility index (Phi) is 6.68. The zero-order valence-electron chi connectivity index (χ0n) is 15.1. The number of carbonyl (C=O) groups excluding carboxylic acids is 1. The third kappa shape index (κ3) is 5.34. The maximum absolute atomic E-state index is 11.9. The molecule has 1 N–H and O–H groups in total. The van der Waals surface area contributed by atoms with Crippen LogP contribution in [0.5, 0.6) is 5.75 Å². The van der Waals surface area contributed by atoms with E-state index in [-0.39, 0.29) is 6.61 Å². The Hall–Kier alpha value is -2.83. The first-order valence-electron chi connectivity index (χ1n) is 8.50. The lowest BCUT2D eigenvalue weighted by atomic mass is 10.2. The molecule has 2 aromatic carbocycles. The van der Waals surface area contributed by atoms with Crippen LogP contribution in [-0.2, 0) is 11.3 Å². The van der Waals surface area contributed by atoms with E-state index < -0.39 is 5.91 Å². The van der Waals surface area contributed by atoms with E-state index in [1.54, 1.807) is 28.9 Å². The maximum atomic E-state index is 11.9. The van der Waals surface area contributed by atoms with Crippen LogP contribution in [0.15, 0.2) is 59.7 Å². The van der Waals surface area contributed by atoms with Gasteiger partial charge in [0.2, 0.25) is 0 Å². The third-order valence-corrected chi connectivity index (χ3v) is 4.50. The summed E-state index contributed by atoms with van der Waals surface area (Å²) in [6.45, 7) is 2.22. The molecule has 0 aliphatic heterocycles. The van der Waals surface area contributed by atoms with Crippen molar-refractivity contribution in [2.24, 2.45) is 5.10 Å². The molecule has 1 heterocycles. The molecule has 0 aliphatic carbocycles. The smallest absolute Gasteiger partial charge is 0.277 e. The number of hydrogen-bond donors (Lipinski definition) is 1. The highest BCUT2D eigenvalue weighted by molar-refractivity contribution is 6.32. The fourth-order valence-electron chi connectivity index (χ4n) is 2.46. The Morgan fingerprint density at radius 1 is 1.18 bits per heavy atom. The second-order valence-electron chi connectivity index (χ2n) is 5.97. The van der Waals surface area contributed by atoms with Gasteiger partial charge in [0, 0.05) is 5.02 Å². The summed E-state index contributed by atoms with van der Waals surface area (Å²) >= 11 is 12.2. The van der Waals surface area contributed by atoms with Crippen molar-refractivity contribution in [1.82, 2.24) is 15.2 Å². The summed E-state index contributed by atoms with van der Waals surface area (Å²) in [4.78, 5) is 11.9. The van der Waals surface area contributed by atoms with E-state index in [0.717, 1.165) is 11.3 Å². The number of halogens is 2. The van der Waals surface area contributed by atoms with Crippen LogP contribution in [0.4, 0.5) is 0 Å². The average molecular weight is 417 g/mol. The predicted molar refractivity (Wildman–Crippen MR) is 110 cm³/mol. The molecule has 0 fully saturated rings. The second-order valence-corrected chi connectivity index (χ2v) is 6.76. The van der Waals surface area contributed by atoms with Crippen molar-refractivity contribution in [3.05, 3.63) is 81.6 Å². The first-order chi connectivity index (χ1) is 13.5. The Morgan fingerprint density at radius 2 is 1.89 bits per heavy atom. The third-order valence-electron chi connectivity index (χ3n) is 3.85. The van der Waals surface area contributed by atoms with Gasteiger partial charge < -0.3 is 4.74 Å². The van der Waals surface area contributed by atoms with Crippen LogP contribution in [0.25, 0.3) is 0 Å². The van der Waals surface area contributed by atoms with Gasteiger partial charge in [0.15, 0.2) is 6.61 Å². The number of nitrogens with zero attached hydrogens (tertiary/aromatic N) is 3. The second kappa shape index (κ2) is 9.39. The van der Waals surface area contributed by atoms with Crippen LogP contribution in [0.3, 0.4) is 0 Å². The van der Waals surface area contributed by atoms with Crippen molar-refractivity contribution < 1.29 is 9.53 Å². The number of ether oxygens (including phenoxy) is 1. The van der Waals surface area contributed by atoms with Crippen molar-refractivity contribution in [3.8, 4) is 5.75 Å². The van der Waals surface area contributed by atoms with Gasteiger partial charge in [-0.25, -0.2) is 10.1 Å². The first-order valence-corrected chi connectivity index (χ1v) is 9.25. The molecule has 1 aromatic heterocycles. The molecule has 3 aromatic rings. The fraction of sp³-hybridized carbons (Fsp3) is 0.150. The molecule has 0 unspecified atom stereocenters. The lowest BCUT2D eigenvalue weighted by Crippen LogP contribution is -2.24. The summed E-state index contributed by atoms with van der Waals surface area (Å²) in [5.74, 6) is 0.154. The van der Waals surface area contributed by atoms with Crippen LogP contribution in [0, 0.1) is 6.92 Å². The van der Waals surface area contributed by atoms with Gasteiger partial charge in [-0.2, -0.15) is 10.2 Å². The van der Waals surface area contributed by atoms with Gasteiger partial charge in [0.1, 0.15) is 10.9 Å². The lowest BCUT2D eigenvalue weighted by molar-refractivity contribution is -0.123. The Balaban J connectivity index is 1.56. The molecular formula is C20H18Cl2N4O2. The standard InChI is InChI=1S/C20H18Cl2N4O2/c1-14-18(20(22)26(25-14)12-15-5-3-2-4-6-15)11-23-24-19(27)13-28-17-9-7-16(21)8-10-17/h2-11H,12-13H2,1H3,(H,24,27)/b23-11-. The van der Waals surface area contributed by atoms with Gasteiger partial charge in [-0.1, -0.05) is 53.5 Å². The Labute approximate surface area is 172 Å². The molecule has 6 nitrogen and oxygen atoms in total.